The predicted octanol–water partition coefficient (Wildman–Crippen LogP) is 1.45. The molecule has 4 nitrogen and oxygen atoms in total. The second-order valence-corrected chi connectivity index (χ2v) is 5.09. The van der Waals surface area contributed by atoms with Gasteiger partial charge in [0.1, 0.15) is 0 Å². The van der Waals surface area contributed by atoms with Crippen LogP contribution in [0.3, 0.4) is 0 Å². The average molecular weight is 246 g/mol. The molecule has 0 bridgehead atoms. The molecule has 1 aliphatic carbocycles. The Labute approximate surface area is 107 Å². The third kappa shape index (κ3) is 1.97. The second kappa shape index (κ2) is 4.61. The van der Waals surface area contributed by atoms with E-state index in [1.54, 1.807) is 0 Å². The minimum Gasteiger partial charge on any atom is -0.390 e. The Hall–Kier alpha value is -1.55. The first-order valence-electron chi connectivity index (χ1n) is 6.57. The van der Waals surface area contributed by atoms with Crippen LogP contribution in [0.25, 0.3) is 0 Å². The molecule has 3 rings (SSSR count). The fourth-order valence-electron chi connectivity index (χ4n) is 2.89. The summed E-state index contributed by atoms with van der Waals surface area (Å²) >= 11 is 0. The maximum absolute atomic E-state index is 12.1. The first-order valence-corrected chi connectivity index (χ1v) is 6.57. The van der Waals surface area contributed by atoms with Gasteiger partial charge in [-0.25, -0.2) is 4.79 Å². The summed E-state index contributed by atoms with van der Waals surface area (Å²) in [7, 11) is 0. The van der Waals surface area contributed by atoms with Crippen molar-refractivity contribution in [3.63, 3.8) is 0 Å². The van der Waals surface area contributed by atoms with Crippen molar-refractivity contribution in [3.05, 3.63) is 35.4 Å². The average Bonchev–Trinajstić information content (AvgIpc) is 2.98. The Morgan fingerprint density at radius 1 is 1.28 bits per heavy atom. The Kier molecular flexibility index (Phi) is 2.96. The summed E-state index contributed by atoms with van der Waals surface area (Å²) in [6, 6.07) is 7.62. The minimum atomic E-state index is -0.506. The minimum absolute atomic E-state index is 0.0479. The van der Waals surface area contributed by atoms with E-state index in [2.05, 4.69) is 5.32 Å². The number of aliphatic hydroxyl groups is 1. The van der Waals surface area contributed by atoms with Gasteiger partial charge in [0.15, 0.2) is 0 Å². The number of benzene rings is 1. The summed E-state index contributed by atoms with van der Waals surface area (Å²) < 4.78 is 0. The van der Waals surface area contributed by atoms with E-state index in [0.29, 0.717) is 6.42 Å². The molecule has 0 aromatic heterocycles. The molecule has 1 heterocycles. The molecule has 2 atom stereocenters. The van der Waals surface area contributed by atoms with E-state index in [9.17, 15) is 9.90 Å². The molecule has 1 saturated heterocycles. The van der Waals surface area contributed by atoms with Gasteiger partial charge in [0.25, 0.3) is 0 Å². The summed E-state index contributed by atoms with van der Waals surface area (Å²) in [5.74, 6) is 0. The van der Waals surface area contributed by atoms with Crippen molar-refractivity contribution in [1.82, 2.24) is 10.2 Å². The highest BCUT2D eigenvalue weighted by Crippen LogP contribution is 2.31. The lowest BCUT2D eigenvalue weighted by Gasteiger charge is -2.22. The molecule has 1 fully saturated rings. The molecular weight excluding hydrogens is 228 g/mol. The van der Waals surface area contributed by atoms with Gasteiger partial charge in [0, 0.05) is 19.5 Å². The van der Waals surface area contributed by atoms with Crippen LogP contribution in [0.4, 0.5) is 4.79 Å². The van der Waals surface area contributed by atoms with Crippen LogP contribution in [0.1, 0.15) is 30.0 Å². The van der Waals surface area contributed by atoms with Crippen LogP contribution in [0.5, 0.6) is 0 Å². The van der Waals surface area contributed by atoms with Crippen LogP contribution in [0.2, 0.25) is 0 Å². The molecule has 2 N–H and O–H groups in total. The Morgan fingerprint density at radius 2 is 2.00 bits per heavy atom. The number of likely N-dealkylation sites (tertiary alicyclic amines) is 1. The zero-order chi connectivity index (χ0) is 12.5. The molecule has 4 heteroatoms. The Balaban J connectivity index is 1.74. The molecule has 0 unspecified atom stereocenters. The molecule has 1 aromatic rings. The number of amides is 2. The number of urea groups is 1. The number of nitrogens with zero attached hydrogens (tertiary/aromatic N) is 1. The van der Waals surface area contributed by atoms with Gasteiger partial charge < -0.3 is 15.3 Å². The topological polar surface area (TPSA) is 52.6 Å². The van der Waals surface area contributed by atoms with Gasteiger partial charge in [0.2, 0.25) is 0 Å². The van der Waals surface area contributed by atoms with E-state index in [1.807, 2.05) is 29.2 Å². The lowest BCUT2D eigenvalue weighted by molar-refractivity contribution is 0.136. The standard InChI is InChI=1S/C14H18N2O2/c17-12-9-10-5-1-2-6-11(10)13(12)15-14(18)16-7-3-4-8-16/h1-2,5-6,12-13,17H,3-4,7-9H2,(H,15,18)/t12-,13+/m1/s1. The normalized spacial score (nSPS) is 26.2. The summed E-state index contributed by atoms with van der Waals surface area (Å²) in [4.78, 5) is 13.9. The molecule has 1 aromatic carbocycles. The molecule has 18 heavy (non-hydrogen) atoms. The van der Waals surface area contributed by atoms with Crippen molar-refractivity contribution < 1.29 is 9.90 Å². The number of nitrogens with one attached hydrogen (secondary N) is 1. The highest BCUT2D eigenvalue weighted by molar-refractivity contribution is 5.75. The highest BCUT2D eigenvalue weighted by Gasteiger charge is 2.33. The van der Waals surface area contributed by atoms with Gasteiger partial charge in [-0.2, -0.15) is 0 Å². The predicted molar refractivity (Wildman–Crippen MR) is 68.2 cm³/mol. The van der Waals surface area contributed by atoms with E-state index in [1.165, 1.54) is 0 Å². The largest absolute Gasteiger partial charge is 0.390 e. The summed E-state index contributed by atoms with van der Waals surface area (Å²) in [5.41, 5.74) is 2.19. The lowest BCUT2D eigenvalue weighted by atomic mass is 10.1. The van der Waals surface area contributed by atoms with E-state index in [0.717, 1.165) is 37.1 Å². The van der Waals surface area contributed by atoms with Gasteiger partial charge in [-0.05, 0) is 24.0 Å². The van der Waals surface area contributed by atoms with Crippen molar-refractivity contribution in [3.8, 4) is 0 Å². The number of rotatable bonds is 1. The van der Waals surface area contributed by atoms with Crippen LogP contribution < -0.4 is 5.32 Å². The number of hydrogen-bond acceptors (Lipinski definition) is 2. The molecule has 96 valence electrons. The van der Waals surface area contributed by atoms with Crippen molar-refractivity contribution in [2.45, 2.75) is 31.4 Å². The molecule has 0 saturated carbocycles. The SMILES string of the molecule is O=C(N[C@H]1c2ccccc2C[C@H]1O)N1CCCC1. The molecule has 2 amide bonds. The highest BCUT2D eigenvalue weighted by atomic mass is 16.3. The van der Waals surface area contributed by atoms with E-state index < -0.39 is 6.10 Å². The Morgan fingerprint density at radius 3 is 2.78 bits per heavy atom. The number of carbonyl (C=O) groups excluding carboxylic acids is 1. The fraction of sp³-hybridized carbons (Fsp3) is 0.500. The van der Waals surface area contributed by atoms with Crippen LogP contribution in [0, 0.1) is 0 Å². The zero-order valence-corrected chi connectivity index (χ0v) is 10.3. The van der Waals surface area contributed by atoms with Gasteiger partial charge in [-0.3, -0.25) is 0 Å². The molecule has 1 aliphatic heterocycles. The zero-order valence-electron chi connectivity index (χ0n) is 10.3. The molecule has 0 spiro atoms. The van der Waals surface area contributed by atoms with Gasteiger partial charge in [-0.1, -0.05) is 24.3 Å². The van der Waals surface area contributed by atoms with E-state index in [-0.39, 0.29) is 12.1 Å². The fourth-order valence-corrected chi connectivity index (χ4v) is 2.89. The number of hydrogen-bond donors (Lipinski definition) is 2. The lowest BCUT2D eigenvalue weighted by Crippen LogP contribution is -2.42. The monoisotopic (exact) mass is 246 g/mol. The van der Waals surface area contributed by atoms with Crippen LogP contribution in [0.15, 0.2) is 24.3 Å². The number of aliphatic hydroxyl groups excluding tert-OH is 1. The smallest absolute Gasteiger partial charge is 0.317 e. The Bertz CT molecular complexity index is 455. The van der Waals surface area contributed by atoms with Crippen molar-refractivity contribution in [1.29, 1.82) is 0 Å². The van der Waals surface area contributed by atoms with Crippen molar-refractivity contribution in [2.24, 2.45) is 0 Å². The first-order chi connectivity index (χ1) is 8.75. The summed E-state index contributed by atoms with van der Waals surface area (Å²) in [6.45, 7) is 1.66. The summed E-state index contributed by atoms with van der Waals surface area (Å²) in [6.07, 6.45) is 2.28. The molecule has 2 aliphatic rings. The van der Waals surface area contributed by atoms with Gasteiger partial charge in [-0.15, -0.1) is 0 Å². The number of fused-ring (bicyclic) bond motifs is 1. The van der Waals surface area contributed by atoms with E-state index >= 15 is 0 Å². The maximum atomic E-state index is 12.1. The van der Waals surface area contributed by atoms with Crippen LogP contribution in [-0.2, 0) is 6.42 Å². The van der Waals surface area contributed by atoms with Crippen LogP contribution >= 0.6 is 0 Å². The molecule has 0 radical (unpaired) electrons. The quantitative estimate of drug-likeness (QED) is 0.788. The third-order valence-corrected chi connectivity index (χ3v) is 3.88. The maximum Gasteiger partial charge on any atom is 0.317 e. The summed E-state index contributed by atoms with van der Waals surface area (Å²) in [5, 5.41) is 13.0. The number of carbonyl (C=O) groups is 1. The third-order valence-electron chi connectivity index (χ3n) is 3.88. The van der Waals surface area contributed by atoms with Gasteiger partial charge in [0.05, 0.1) is 12.1 Å². The second-order valence-electron chi connectivity index (χ2n) is 5.09. The van der Waals surface area contributed by atoms with Crippen LogP contribution in [-0.4, -0.2) is 35.2 Å². The van der Waals surface area contributed by atoms with Gasteiger partial charge >= 0.3 is 6.03 Å². The van der Waals surface area contributed by atoms with E-state index in [4.69, 9.17) is 0 Å². The van der Waals surface area contributed by atoms with Crippen molar-refractivity contribution >= 4 is 6.03 Å². The first kappa shape index (κ1) is 11.5. The molecular formula is C14H18N2O2. The van der Waals surface area contributed by atoms with Crippen molar-refractivity contribution in [2.75, 3.05) is 13.1 Å².